The maximum atomic E-state index is 12.2. The summed E-state index contributed by atoms with van der Waals surface area (Å²) in [5.74, 6) is 0.467. The number of rotatable bonds is 6. The first-order valence-corrected chi connectivity index (χ1v) is 8.82. The summed E-state index contributed by atoms with van der Waals surface area (Å²) in [5, 5.41) is 14.9. The molecule has 142 valence electrons. The van der Waals surface area contributed by atoms with Gasteiger partial charge in [0.2, 0.25) is 0 Å². The average Bonchev–Trinajstić information content (AvgIpc) is 3.13. The largest absolute Gasteiger partial charge is 0.489 e. The fraction of sp³-hybridized carbons (Fsp3) is 0.471. The molecule has 2 aromatic rings. The molecule has 0 aliphatic carbocycles. The van der Waals surface area contributed by atoms with E-state index >= 15 is 0 Å². The highest BCUT2D eigenvalue weighted by Gasteiger charge is 2.19. The van der Waals surface area contributed by atoms with Gasteiger partial charge >= 0.3 is 0 Å². The first-order valence-electron chi connectivity index (χ1n) is 8.45. The number of benzene rings is 1. The van der Waals surface area contributed by atoms with Gasteiger partial charge in [-0.2, -0.15) is 0 Å². The Kier molecular flexibility index (Phi) is 7.68. The number of carbonyl (C=O) groups is 1. The maximum absolute atomic E-state index is 12.2. The monoisotopic (exact) mass is 399 g/mol. The van der Waals surface area contributed by atoms with Crippen LogP contribution in [0.25, 0.3) is 0 Å². The Morgan fingerprint density at radius 3 is 2.77 bits per heavy atom. The SMILES string of the molecule is CC(CNC(=O)c1cn(C2CCNCC2)nn1)Oc1ccc(Cl)cc1.Cl. The standard InChI is InChI=1S/C17H22ClN5O2.ClH/c1-12(25-15-4-2-13(18)3-5-15)10-20-17(24)16-11-23(22-21-16)14-6-8-19-9-7-14;/h2-5,11-12,14,19H,6-10H2,1H3,(H,20,24);1H. The molecule has 1 atom stereocenters. The second-order valence-corrected chi connectivity index (χ2v) is 6.59. The Morgan fingerprint density at radius 1 is 1.38 bits per heavy atom. The molecule has 1 aliphatic heterocycles. The van der Waals surface area contributed by atoms with Gasteiger partial charge in [0.15, 0.2) is 5.69 Å². The lowest BCUT2D eigenvalue weighted by atomic mass is 10.1. The summed E-state index contributed by atoms with van der Waals surface area (Å²) in [7, 11) is 0. The van der Waals surface area contributed by atoms with Gasteiger partial charge in [0.1, 0.15) is 11.9 Å². The van der Waals surface area contributed by atoms with Gasteiger partial charge in [0, 0.05) is 5.02 Å². The number of hydrogen-bond donors (Lipinski definition) is 2. The molecule has 0 radical (unpaired) electrons. The number of hydrogen-bond acceptors (Lipinski definition) is 5. The van der Waals surface area contributed by atoms with Crippen LogP contribution in [0.3, 0.4) is 0 Å². The quantitative estimate of drug-likeness (QED) is 0.779. The summed E-state index contributed by atoms with van der Waals surface area (Å²) in [6.07, 6.45) is 3.53. The molecule has 9 heteroatoms. The second kappa shape index (κ2) is 9.75. The first kappa shape index (κ1) is 20.5. The van der Waals surface area contributed by atoms with Crippen molar-refractivity contribution in [3.05, 3.63) is 41.2 Å². The molecule has 3 rings (SSSR count). The fourth-order valence-corrected chi connectivity index (χ4v) is 2.87. The van der Waals surface area contributed by atoms with Gasteiger partial charge < -0.3 is 15.4 Å². The van der Waals surface area contributed by atoms with Crippen LogP contribution in [0.5, 0.6) is 5.75 Å². The van der Waals surface area contributed by atoms with E-state index in [0.717, 1.165) is 25.9 Å². The van der Waals surface area contributed by atoms with Crippen LogP contribution in [0.2, 0.25) is 5.02 Å². The molecule has 1 aromatic heterocycles. The van der Waals surface area contributed by atoms with Crippen molar-refractivity contribution >= 4 is 29.9 Å². The minimum Gasteiger partial charge on any atom is -0.489 e. The minimum atomic E-state index is -0.244. The van der Waals surface area contributed by atoms with E-state index in [9.17, 15) is 4.79 Å². The van der Waals surface area contributed by atoms with E-state index in [0.29, 0.717) is 29.1 Å². The predicted octanol–water partition coefficient (Wildman–Crippen LogP) is 2.48. The van der Waals surface area contributed by atoms with E-state index in [2.05, 4.69) is 20.9 Å². The lowest BCUT2D eigenvalue weighted by molar-refractivity contribution is 0.0927. The van der Waals surface area contributed by atoms with Crippen LogP contribution in [0.4, 0.5) is 0 Å². The molecule has 1 aliphatic rings. The topological polar surface area (TPSA) is 81.1 Å². The van der Waals surface area contributed by atoms with Gasteiger partial charge in [-0.1, -0.05) is 16.8 Å². The number of aromatic nitrogens is 3. The van der Waals surface area contributed by atoms with Crippen molar-refractivity contribution in [2.75, 3.05) is 19.6 Å². The molecule has 1 fully saturated rings. The third-order valence-corrected chi connectivity index (χ3v) is 4.38. The number of amides is 1. The summed E-state index contributed by atoms with van der Waals surface area (Å²) in [4.78, 5) is 12.2. The Hall–Kier alpha value is -1.83. The molecular weight excluding hydrogens is 377 g/mol. The van der Waals surface area contributed by atoms with Crippen molar-refractivity contribution < 1.29 is 9.53 Å². The van der Waals surface area contributed by atoms with Crippen LogP contribution in [-0.4, -0.2) is 46.6 Å². The van der Waals surface area contributed by atoms with E-state index in [1.165, 1.54) is 0 Å². The number of nitrogens with zero attached hydrogens (tertiary/aromatic N) is 3. The number of piperidine rings is 1. The van der Waals surface area contributed by atoms with Crippen molar-refractivity contribution in [3.8, 4) is 5.75 Å². The van der Waals surface area contributed by atoms with E-state index < -0.39 is 0 Å². The van der Waals surface area contributed by atoms with E-state index in [-0.39, 0.29) is 24.4 Å². The molecule has 0 spiro atoms. The van der Waals surface area contributed by atoms with Crippen molar-refractivity contribution in [1.29, 1.82) is 0 Å². The lowest BCUT2D eigenvalue weighted by Crippen LogP contribution is -2.33. The van der Waals surface area contributed by atoms with Crippen LogP contribution in [0, 0.1) is 0 Å². The molecule has 1 aromatic carbocycles. The molecule has 2 heterocycles. The molecule has 7 nitrogen and oxygen atoms in total. The highest BCUT2D eigenvalue weighted by Crippen LogP contribution is 2.18. The summed E-state index contributed by atoms with van der Waals surface area (Å²) in [5.41, 5.74) is 0.331. The highest BCUT2D eigenvalue weighted by molar-refractivity contribution is 6.30. The van der Waals surface area contributed by atoms with Gasteiger partial charge in [0.05, 0.1) is 18.8 Å². The summed E-state index contributed by atoms with van der Waals surface area (Å²) >= 11 is 5.85. The summed E-state index contributed by atoms with van der Waals surface area (Å²) in [6, 6.07) is 7.43. The first-order chi connectivity index (χ1) is 12.1. The van der Waals surface area contributed by atoms with Gasteiger partial charge in [-0.15, -0.1) is 17.5 Å². The van der Waals surface area contributed by atoms with E-state index in [1.807, 2.05) is 6.92 Å². The predicted molar refractivity (Wildman–Crippen MR) is 102 cm³/mol. The van der Waals surface area contributed by atoms with Crippen LogP contribution < -0.4 is 15.4 Å². The second-order valence-electron chi connectivity index (χ2n) is 6.16. The van der Waals surface area contributed by atoms with Crippen LogP contribution >= 0.6 is 24.0 Å². The van der Waals surface area contributed by atoms with Crippen molar-refractivity contribution in [1.82, 2.24) is 25.6 Å². The number of halogens is 2. The molecular formula is C17H23Cl2N5O2. The average molecular weight is 400 g/mol. The van der Waals surface area contributed by atoms with Gasteiger partial charge in [-0.25, -0.2) is 4.68 Å². The molecule has 1 amide bonds. The minimum absolute atomic E-state index is 0. The molecule has 0 bridgehead atoms. The Morgan fingerprint density at radius 2 is 2.08 bits per heavy atom. The zero-order valence-electron chi connectivity index (χ0n) is 14.5. The van der Waals surface area contributed by atoms with Crippen molar-refractivity contribution in [2.24, 2.45) is 0 Å². The Labute approximate surface area is 163 Å². The number of ether oxygens (including phenoxy) is 1. The third kappa shape index (κ3) is 5.59. The molecule has 26 heavy (non-hydrogen) atoms. The normalized spacial score (nSPS) is 15.8. The van der Waals surface area contributed by atoms with Gasteiger partial charge in [-0.05, 0) is 57.1 Å². The lowest BCUT2D eigenvalue weighted by Gasteiger charge is -2.22. The summed E-state index contributed by atoms with van der Waals surface area (Å²) < 4.78 is 7.53. The van der Waals surface area contributed by atoms with E-state index in [1.54, 1.807) is 35.1 Å². The van der Waals surface area contributed by atoms with Gasteiger partial charge in [-0.3, -0.25) is 4.79 Å². The van der Waals surface area contributed by atoms with E-state index in [4.69, 9.17) is 16.3 Å². The molecule has 1 saturated heterocycles. The zero-order chi connectivity index (χ0) is 17.6. The van der Waals surface area contributed by atoms with Crippen molar-refractivity contribution in [2.45, 2.75) is 31.9 Å². The molecule has 1 unspecified atom stereocenters. The smallest absolute Gasteiger partial charge is 0.273 e. The third-order valence-electron chi connectivity index (χ3n) is 4.13. The van der Waals surface area contributed by atoms with Crippen LogP contribution in [-0.2, 0) is 0 Å². The van der Waals surface area contributed by atoms with Crippen LogP contribution in [0.1, 0.15) is 36.3 Å². The summed E-state index contributed by atoms with van der Waals surface area (Å²) in [6.45, 7) is 4.19. The number of carbonyl (C=O) groups excluding carboxylic acids is 1. The van der Waals surface area contributed by atoms with Gasteiger partial charge in [0.25, 0.3) is 5.91 Å². The highest BCUT2D eigenvalue weighted by atomic mass is 35.5. The Bertz CT molecular complexity index is 701. The zero-order valence-corrected chi connectivity index (χ0v) is 16.1. The van der Waals surface area contributed by atoms with Crippen LogP contribution in [0.15, 0.2) is 30.5 Å². The molecule has 0 saturated carbocycles. The molecule has 2 N–H and O–H groups in total. The maximum Gasteiger partial charge on any atom is 0.273 e. The Balaban J connectivity index is 0.00000243. The fourth-order valence-electron chi connectivity index (χ4n) is 2.74. The van der Waals surface area contributed by atoms with Crippen molar-refractivity contribution in [3.63, 3.8) is 0 Å². The number of nitrogens with one attached hydrogen (secondary N) is 2.